The number of amides is 2. The van der Waals surface area contributed by atoms with Crippen molar-refractivity contribution in [1.29, 1.82) is 0 Å². The SMILES string of the molecule is C=C(Br)CN1C(=O)C(C)(C)NC(=O)C1C(C)C. The fourth-order valence-corrected chi connectivity index (χ4v) is 2.35. The molecule has 1 saturated heterocycles. The van der Waals surface area contributed by atoms with Gasteiger partial charge >= 0.3 is 0 Å². The maximum Gasteiger partial charge on any atom is 0.248 e. The summed E-state index contributed by atoms with van der Waals surface area (Å²) in [6, 6.07) is -0.426. The number of carbonyl (C=O) groups is 2. The van der Waals surface area contributed by atoms with Crippen LogP contribution in [0.15, 0.2) is 11.1 Å². The van der Waals surface area contributed by atoms with Crippen LogP contribution in [0.25, 0.3) is 0 Å². The van der Waals surface area contributed by atoms with Crippen molar-refractivity contribution < 1.29 is 9.59 Å². The highest BCUT2D eigenvalue weighted by Gasteiger charge is 2.46. The largest absolute Gasteiger partial charge is 0.340 e. The lowest BCUT2D eigenvalue weighted by Crippen LogP contribution is -2.69. The molecule has 1 aliphatic heterocycles. The topological polar surface area (TPSA) is 49.4 Å². The summed E-state index contributed by atoms with van der Waals surface area (Å²) in [5, 5.41) is 2.76. The van der Waals surface area contributed by atoms with E-state index in [-0.39, 0.29) is 17.7 Å². The third-order valence-electron chi connectivity index (χ3n) is 2.81. The first-order chi connectivity index (χ1) is 7.66. The molecule has 1 rings (SSSR count). The van der Waals surface area contributed by atoms with Crippen molar-refractivity contribution in [2.45, 2.75) is 39.3 Å². The number of halogens is 1. The molecule has 0 saturated carbocycles. The Kier molecular flexibility index (Phi) is 4.02. The molecule has 0 bridgehead atoms. The van der Waals surface area contributed by atoms with Crippen molar-refractivity contribution in [2.24, 2.45) is 5.92 Å². The predicted molar refractivity (Wildman–Crippen MR) is 70.6 cm³/mol. The minimum absolute atomic E-state index is 0.0712. The van der Waals surface area contributed by atoms with Gasteiger partial charge in [-0.1, -0.05) is 36.4 Å². The van der Waals surface area contributed by atoms with Gasteiger partial charge in [0, 0.05) is 4.48 Å². The first-order valence-electron chi connectivity index (χ1n) is 5.63. The molecular formula is C12H19BrN2O2. The van der Waals surface area contributed by atoms with Crippen LogP contribution in [0.5, 0.6) is 0 Å². The molecule has 2 amide bonds. The summed E-state index contributed by atoms with van der Waals surface area (Å²) >= 11 is 3.25. The number of nitrogens with one attached hydrogen (secondary N) is 1. The Hall–Kier alpha value is -0.840. The van der Waals surface area contributed by atoms with Crippen LogP contribution >= 0.6 is 15.9 Å². The van der Waals surface area contributed by atoms with Crippen molar-refractivity contribution in [3.63, 3.8) is 0 Å². The Bertz CT molecular complexity index is 364. The van der Waals surface area contributed by atoms with Gasteiger partial charge in [0.1, 0.15) is 11.6 Å². The van der Waals surface area contributed by atoms with Gasteiger partial charge < -0.3 is 10.2 Å². The number of rotatable bonds is 3. The number of nitrogens with zero attached hydrogens (tertiary/aromatic N) is 1. The Balaban J connectivity index is 3.08. The number of piperazine rings is 1. The van der Waals surface area contributed by atoms with Gasteiger partial charge in [-0.25, -0.2) is 0 Å². The second kappa shape index (κ2) is 4.80. The van der Waals surface area contributed by atoms with E-state index >= 15 is 0 Å². The van der Waals surface area contributed by atoms with E-state index in [2.05, 4.69) is 27.8 Å². The monoisotopic (exact) mass is 302 g/mol. The summed E-state index contributed by atoms with van der Waals surface area (Å²) in [5.74, 6) is -0.100. The standard InChI is InChI=1S/C12H19BrN2O2/c1-7(2)9-10(16)14-12(4,5)11(17)15(9)6-8(3)13/h7,9H,3,6H2,1-2,4-5H3,(H,14,16). The smallest absolute Gasteiger partial charge is 0.248 e. The van der Waals surface area contributed by atoms with Gasteiger partial charge in [-0.05, 0) is 19.8 Å². The zero-order valence-electron chi connectivity index (χ0n) is 10.7. The third kappa shape index (κ3) is 2.89. The number of hydrogen-bond donors (Lipinski definition) is 1. The van der Waals surface area contributed by atoms with Crippen molar-refractivity contribution in [2.75, 3.05) is 6.54 Å². The van der Waals surface area contributed by atoms with Crippen molar-refractivity contribution in [3.05, 3.63) is 11.1 Å². The van der Waals surface area contributed by atoms with Crippen LogP contribution in [0.1, 0.15) is 27.7 Å². The summed E-state index contributed by atoms with van der Waals surface area (Å²) in [6.45, 7) is 11.4. The van der Waals surface area contributed by atoms with E-state index in [1.807, 2.05) is 13.8 Å². The molecule has 1 aliphatic rings. The molecule has 1 heterocycles. The van der Waals surface area contributed by atoms with E-state index < -0.39 is 11.6 Å². The van der Waals surface area contributed by atoms with Crippen LogP contribution in [-0.4, -0.2) is 34.8 Å². The van der Waals surface area contributed by atoms with Gasteiger partial charge in [0.15, 0.2) is 0 Å². The molecule has 1 unspecified atom stereocenters. The van der Waals surface area contributed by atoms with E-state index in [4.69, 9.17) is 0 Å². The quantitative estimate of drug-likeness (QED) is 0.862. The second-order valence-electron chi connectivity index (χ2n) is 5.25. The van der Waals surface area contributed by atoms with Crippen LogP contribution in [0, 0.1) is 5.92 Å². The zero-order valence-corrected chi connectivity index (χ0v) is 12.3. The summed E-state index contributed by atoms with van der Waals surface area (Å²) in [7, 11) is 0. The Labute approximate surface area is 111 Å². The summed E-state index contributed by atoms with van der Waals surface area (Å²) in [4.78, 5) is 25.9. The molecule has 0 aromatic rings. The fraction of sp³-hybridized carbons (Fsp3) is 0.667. The summed E-state index contributed by atoms with van der Waals surface area (Å²) < 4.78 is 0.696. The molecule has 0 aromatic carbocycles. The zero-order chi connectivity index (χ0) is 13.4. The lowest BCUT2D eigenvalue weighted by molar-refractivity contribution is -0.154. The van der Waals surface area contributed by atoms with Crippen LogP contribution in [0.2, 0.25) is 0 Å². The first-order valence-corrected chi connectivity index (χ1v) is 6.42. The van der Waals surface area contributed by atoms with Crippen molar-refractivity contribution in [3.8, 4) is 0 Å². The van der Waals surface area contributed by atoms with Crippen LogP contribution in [-0.2, 0) is 9.59 Å². The molecule has 1 atom stereocenters. The molecule has 17 heavy (non-hydrogen) atoms. The fourth-order valence-electron chi connectivity index (χ4n) is 2.08. The van der Waals surface area contributed by atoms with E-state index in [0.29, 0.717) is 11.0 Å². The molecule has 1 fully saturated rings. The van der Waals surface area contributed by atoms with E-state index in [0.717, 1.165) is 0 Å². The molecule has 96 valence electrons. The summed E-state index contributed by atoms with van der Waals surface area (Å²) in [5.41, 5.74) is -0.842. The average Bonchev–Trinajstić information content (AvgIpc) is 2.11. The maximum atomic E-state index is 12.3. The van der Waals surface area contributed by atoms with Gasteiger partial charge in [-0.15, -0.1) is 0 Å². The molecule has 0 aromatic heterocycles. The highest BCUT2D eigenvalue weighted by Crippen LogP contribution is 2.24. The second-order valence-corrected chi connectivity index (χ2v) is 6.37. The van der Waals surface area contributed by atoms with E-state index in [1.165, 1.54) is 0 Å². The lowest BCUT2D eigenvalue weighted by atomic mass is 9.91. The van der Waals surface area contributed by atoms with Gasteiger partial charge in [0.2, 0.25) is 11.8 Å². The van der Waals surface area contributed by atoms with Gasteiger partial charge in [0.25, 0.3) is 0 Å². The van der Waals surface area contributed by atoms with E-state index in [1.54, 1.807) is 18.7 Å². The molecular weight excluding hydrogens is 284 g/mol. The van der Waals surface area contributed by atoms with Crippen LogP contribution in [0.4, 0.5) is 0 Å². The molecule has 4 nitrogen and oxygen atoms in total. The highest BCUT2D eigenvalue weighted by atomic mass is 79.9. The Morgan fingerprint density at radius 2 is 2.06 bits per heavy atom. The molecule has 0 aliphatic carbocycles. The minimum atomic E-state index is -0.842. The first kappa shape index (κ1) is 14.2. The Morgan fingerprint density at radius 3 is 2.47 bits per heavy atom. The van der Waals surface area contributed by atoms with E-state index in [9.17, 15) is 9.59 Å². The van der Waals surface area contributed by atoms with Gasteiger partial charge in [-0.3, -0.25) is 9.59 Å². The highest BCUT2D eigenvalue weighted by molar-refractivity contribution is 9.11. The van der Waals surface area contributed by atoms with Crippen molar-refractivity contribution in [1.82, 2.24) is 10.2 Å². The molecule has 0 spiro atoms. The van der Waals surface area contributed by atoms with Crippen molar-refractivity contribution >= 4 is 27.7 Å². The minimum Gasteiger partial charge on any atom is -0.340 e. The molecule has 5 heteroatoms. The molecule has 0 radical (unpaired) electrons. The normalized spacial score (nSPS) is 23.9. The predicted octanol–water partition coefficient (Wildman–Crippen LogP) is 1.66. The summed E-state index contributed by atoms with van der Waals surface area (Å²) in [6.07, 6.45) is 0. The van der Waals surface area contributed by atoms with Gasteiger partial charge in [0.05, 0.1) is 6.54 Å². The number of carbonyl (C=O) groups excluding carboxylic acids is 2. The Morgan fingerprint density at radius 1 is 1.53 bits per heavy atom. The maximum absolute atomic E-state index is 12.3. The van der Waals surface area contributed by atoms with Crippen LogP contribution < -0.4 is 5.32 Å². The third-order valence-corrected chi connectivity index (χ3v) is 3.06. The number of hydrogen-bond acceptors (Lipinski definition) is 2. The lowest BCUT2D eigenvalue weighted by Gasteiger charge is -2.44. The molecule has 1 N–H and O–H groups in total. The van der Waals surface area contributed by atoms with Gasteiger partial charge in [-0.2, -0.15) is 0 Å². The average molecular weight is 303 g/mol. The van der Waals surface area contributed by atoms with Crippen LogP contribution in [0.3, 0.4) is 0 Å².